The van der Waals surface area contributed by atoms with Crippen molar-refractivity contribution in [2.45, 2.75) is 20.3 Å². The fraction of sp³-hybridized carbons (Fsp3) is 0.556. The summed E-state index contributed by atoms with van der Waals surface area (Å²) in [5.74, 6) is -1.43. The first-order valence-corrected chi connectivity index (χ1v) is 4.39. The van der Waals surface area contributed by atoms with Gasteiger partial charge in [-0.3, -0.25) is 9.63 Å². The van der Waals surface area contributed by atoms with Gasteiger partial charge in [0.15, 0.2) is 0 Å². The molecule has 0 radical (unpaired) electrons. The number of hydrogen-bond acceptors (Lipinski definition) is 3. The first kappa shape index (κ1) is 10.7. The molecule has 0 aliphatic carbocycles. The van der Waals surface area contributed by atoms with Gasteiger partial charge in [-0.1, -0.05) is 0 Å². The normalized spacial score (nSPS) is 18.0. The lowest BCUT2D eigenvalue weighted by atomic mass is 10.1. The fourth-order valence-electron chi connectivity index (χ4n) is 1.12. The molecular weight excluding hydrogens is 186 g/mol. The Morgan fingerprint density at radius 2 is 1.93 bits per heavy atom. The second kappa shape index (κ2) is 4.23. The van der Waals surface area contributed by atoms with Crippen LogP contribution in [0.4, 0.5) is 0 Å². The minimum absolute atomic E-state index is 0.0606. The van der Waals surface area contributed by atoms with Gasteiger partial charge in [-0.25, -0.2) is 9.86 Å². The molecule has 1 heterocycles. The monoisotopic (exact) mass is 199 g/mol. The first-order valence-electron chi connectivity index (χ1n) is 4.39. The lowest BCUT2D eigenvalue weighted by molar-refractivity contribution is -0.164. The van der Waals surface area contributed by atoms with E-state index < -0.39 is 5.97 Å². The topological polar surface area (TPSA) is 66.8 Å². The second-order valence-electron chi connectivity index (χ2n) is 3.15. The van der Waals surface area contributed by atoms with E-state index in [4.69, 9.17) is 9.94 Å². The van der Waals surface area contributed by atoms with E-state index in [1.165, 1.54) is 18.9 Å². The van der Waals surface area contributed by atoms with Crippen LogP contribution < -0.4 is 0 Å². The smallest absolute Gasteiger partial charge is 0.331 e. The van der Waals surface area contributed by atoms with E-state index in [9.17, 15) is 9.59 Å². The quantitative estimate of drug-likeness (QED) is 0.660. The van der Waals surface area contributed by atoms with Crippen molar-refractivity contribution >= 4 is 11.9 Å². The largest absolute Gasteiger partial charge is 0.478 e. The maximum absolute atomic E-state index is 11.6. The second-order valence-corrected chi connectivity index (χ2v) is 3.15. The number of carboxylic acid groups (broad SMARTS) is 1. The summed E-state index contributed by atoms with van der Waals surface area (Å²) in [6.45, 7) is 3.95. The van der Waals surface area contributed by atoms with E-state index in [0.717, 1.165) is 6.42 Å². The molecule has 1 aliphatic heterocycles. The lowest BCUT2D eigenvalue weighted by Gasteiger charge is -2.14. The Labute approximate surface area is 81.9 Å². The van der Waals surface area contributed by atoms with Gasteiger partial charge in [0, 0.05) is 11.1 Å². The van der Waals surface area contributed by atoms with Crippen molar-refractivity contribution in [3.8, 4) is 0 Å². The summed E-state index contributed by atoms with van der Waals surface area (Å²) in [4.78, 5) is 27.2. The number of hydroxylamine groups is 2. The maximum atomic E-state index is 11.6. The SMILES string of the molecule is CC(C(=O)O)=C(C)C(=O)N1CCCO1. The number of hydrogen-bond donors (Lipinski definition) is 1. The van der Waals surface area contributed by atoms with Gasteiger partial charge >= 0.3 is 5.97 Å². The van der Waals surface area contributed by atoms with Crippen LogP contribution in [-0.4, -0.2) is 35.2 Å². The van der Waals surface area contributed by atoms with E-state index in [1.807, 2.05) is 0 Å². The minimum Gasteiger partial charge on any atom is -0.478 e. The van der Waals surface area contributed by atoms with Crippen LogP contribution >= 0.6 is 0 Å². The molecule has 0 aromatic carbocycles. The molecule has 1 amide bonds. The van der Waals surface area contributed by atoms with Gasteiger partial charge in [-0.05, 0) is 20.3 Å². The van der Waals surface area contributed by atoms with Crippen molar-refractivity contribution in [1.82, 2.24) is 5.06 Å². The van der Waals surface area contributed by atoms with Crippen LogP contribution in [0, 0.1) is 0 Å². The Morgan fingerprint density at radius 3 is 2.36 bits per heavy atom. The van der Waals surface area contributed by atoms with Crippen LogP contribution in [0.2, 0.25) is 0 Å². The molecule has 0 atom stereocenters. The fourth-order valence-corrected chi connectivity index (χ4v) is 1.12. The molecule has 78 valence electrons. The molecule has 0 bridgehead atoms. The van der Waals surface area contributed by atoms with Gasteiger partial charge in [0.05, 0.1) is 13.2 Å². The number of amides is 1. The van der Waals surface area contributed by atoms with Crippen LogP contribution in [-0.2, 0) is 14.4 Å². The zero-order valence-corrected chi connectivity index (χ0v) is 8.24. The Kier molecular flexibility index (Phi) is 3.24. The number of carbonyl (C=O) groups is 2. The first-order chi connectivity index (χ1) is 6.54. The minimum atomic E-state index is -1.07. The van der Waals surface area contributed by atoms with Gasteiger partial charge in [-0.2, -0.15) is 0 Å². The van der Waals surface area contributed by atoms with Crippen molar-refractivity contribution in [2.75, 3.05) is 13.2 Å². The number of nitrogens with zero attached hydrogens (tertiary/aromatic N) is 1. The number of rotatable bonds is 2. The average molecular weight is 199 g/mol. The third-order valence-electron chi connectivity index (χ3n) is 2.18. The highest BCUT2D eigenvalue weighted by Gasteiger charge is 2.23. The summed E-state index contributed by atoms with van der Waals surface area (Å²) in [7, 11) is 0. The molecule has 1 aliphatic rings. The zero-order valence-electron chi connectivity index (χ0n) is 8.24. The van der Waals surface area contributed by atoms with Gasteiger partial charge in [0.2, 0.25) is 0 Å². The predicted octanol–water partition coefficient (Wildman–Crippen LogP) is 0.571. The highest BCUT2D eigenvalue weighted by molar-refractivity contribution is 6.00. The third kappa shape index (κ3) is 2.11. The number of aliphatic carboxylic acids is 1. The zero-order chi connectivity index (χ0) is 10.7. The highest BCUT2D eigenvalue weighted by Crippen LogP contribution is 2.12. The summed E-state index contributed by atoms with van der Waals surface area (Å²) < 4.78 is 0. The summed E-state index contributed by atoms with van der Waals surface area (Å²) in [6.07, 6.45) is 0.797. The maximum Gasteiger partial charge on any atom is 0.331 e. The van der Waals surface area contributed by atoms with Gasteiger partial charge in [-0.15, -0.1) is 0 Å². The molecule has 1 rings (SSSR count). The summed E-state index contributed by atoms with van der Waals surface area (Å²) in [5.41, 5.74) is 0.282. The van der Waals surface area contributed by atoms with E-state index in [0.29, 0.717) is 13.2 Å². The van der Waals surface area contributed by atoms with Crippen LogP contribution in [0.25, 0.3) is 0 Å². The van der Waals surface area contributed by atoms with Crippen molar-refractivity contribution in [3.05, 3.63) is 11.1 Å². The molecule has 1 saturated heterocycles. The van der Waals surface area contributed by atoms with E-state index in [1.54, 1.807) is 0 Å². The van der Waals surface area contributed by atoms with Crippen molar-refractivity contribution in [3.63, 3.8) is 0 Å². The van der Waals surface area contributed by atoms with Crippen LogP contribution in [0.15, 0.2) is 11.1 Å². The molecule has 0 aromatic heterocycles. The number of carbonyl (C=O) groups excluding carboxylic acids is 1. The standard InChI is InChI=1S/C9H13NO4/c1-6(7(2)9(12)13)8(11)10-4-3-5-14-10/h3-5H2,1-2H3,(H,12,13). The Balaban J connectivity index is 2.77. The van der Waals surface area contributed by atoms with Gasteiger partial charge in [0.25, 0.3) is 5.91 Å². The lowest BCUT2D eigenvalue weighted by Crippen LogP contribution is -2.28. The molecule has 0 aromatic rings. The Hall–Kier alpha value is -1.36. The predicted molar refractivity (Wildman–Crippen MR) is 48.3 cm³/mol. The van der Waals surface area contributed by atoms with Gasteiger partial charge in [0.1, 0.15) is 0 Å². The molecule has 0 spiro atoms. The summed E-state index contributed by atoms with van der Waals surface area (Å²) in [5, 5.41) is 9.88. The molecule has 5 heteroatoms. The summed E-state index contributed by atoms with van der Waals surface area (Å²) in [6, 6.07) is 0. The molecule has 14 heavy (non-hydrogen) atoms. The number of carboxylic acids is 1. The van der Waals surface area contributed by atoms with Crippen LogP contribution in [0.3, 0.4) is 0 Å². The van der Waals surface area contributed by atoms with Gasteiger partial charge < -0.3 is 5.11 Å². The van der Waals surface area contributed by atoms with E-state index in [2.05, 4.69) is 0 Å². The Bertz CT molecular complexity index is 289. The van der Waals surface area contributed by atoms with Crippen molar-refractivity contribution in [1.29, 1.82) is 0 Å². The van der Waals surface area contributed by atoms with Crippen LogP contribution in [0.5, 0.6) is 0 Å². The van der Waals surface area contributed by atoms with Crippen molar-refractivity contribution < 1.29 is 19.5 Å². The molecular formula is C9H13NO4. The average Bonchev–Trinajstić information content (AvgIpc) is 2.67. The molecule has 1 fully saturated rings. The molecule has 0 saturated carbocycles. The Morgan fingerprint density at radius 1 is 1.29 bits per heavy atom. The third-order valence-corrected chi connectivity index (χ3v) is 2.18. The van der Waals surface area contributed by atoms with Crippen LogP contribution in [0.1, 0.15) is 20.3 Å². The molecule has 0 unspecified atom stereocenters. The molecule has 5 nitrogen and oxygen atoms in total. The summed E-state index contributed by atoms with van der Waals surface area (Å²) >= 11 is 0. The highest BCUT2D eigenvalue weighted by atomic mass is 16.7. The molecule has 1 N–H and O–H groups in total. The van der Waals surface area contributed by atoms with Crippen molar-refractivity contribution in [2.24, 2.45) is 0 Å². The van der Waals surface area contributed by atoms with E-state index in [-0.39, 0.29) is 17.1 Å². The van der Waals surface area contributed by atoms with E-state index >= 15 is 0 Å².